The van der Waals surface area contributed by atoms with Crippen molar-refractivity contribution in [3.8, 4) is 0 Å². The highest BCUT2D eigenvalue weighted by Gasteiger charge is 2.09. The van der Waals surface area contributed by atoms with Crippen LogP contribution in [0.5, 0.6) is 0 Å². The molecule has 0 spiro atoms. The van der Waals surface area contributed by atoms with Crippen LogP contribution >= 0.6 is 0 Å². The third kappa shape index (κ3) is 4.02. The quantitative estimate of drug-likeness (QED) is 0.544. The van der Waals surface area contributed by atoms with Gasteiger partial charge >= 0.3 is 0 Å². The average molecular weight is 341 g/mol. The molecular weight excluding hydrogens is 329 g/mol. The Morgan fingerprint density at radius 1 is 1.16 bits per heavy atom. The summed E-state index contributed by atoms with van der Waals surface area (Å²) in [5.41, 5.74) is 0.753. The summed E-state index contributed by atoms with van der Waals surface area (Å²) in [5.74, 6) is -0.298. The van der Waals surface area contributed by atoms with E-state index in [1.165, 1.54) is 30.3 Å². The van der Waals surface area contributed by atoms with Gasteiger partial charge in [0.1, 0.15) is 11.5 Å². The molecule has 3 aromatic rings. The second-order valence-corrected chi connectivity index (χ2v) is 5.19. The summed E-state index contributed by atoms with van der Waals surface area (Å²) in [4.78, 5) is 24.9. The monoisotopic (exact) mass is 341 g/mol. The number of hydrogen-bond donors (Lipinski definition) is 2. The van der Waals surface area contributed by atoms with E-state index < -0.39 is 10.5 Å². The van der Waals surface area contributed by atoms with Gasteiger partial charge in [-0.3, -0.25) is 19.9 Å². The standard InChI is InChI=1S/C16H12FN5O3/c17-11-6-4-10(5-7-11)8-14-15(23)19-16(21-20-14)18-12-2-1-3-13(9-12)22(24)25/h1-7,9H,8H2,(H2,18,19,21,23). The molecular formula is C16H12FN5O3. The Morgan fingerprint density at radius 2 is 1.92 bits per heavy atom. The fraction of sp³-hybridized carbons (Fsp3) is 0.0625. The summed E-state index contributed by atoms with van der Waals surface area (Å²) in [6, 6.07) is 11.5. The summed E-state index contributed by atoms with van der Waals surface area (Å²) in [5, 5.41) is 21.3. The summed E-state index contributed by atoms with van der Waals surface area (Å²) < 4.78 is 12.9. The molecule has 1 aromatic heterocycles. The normalized spacial score (nSPS) is 10.4. The van der Waals surface area contributed by atoms with Crippen molar-refractivity contribution in [1.82, 2.24) is 15.2 Å². The maximum absolute atomic E-state index is 12.9. The minimum Gasteiger partial charge on any atom is -0.324 e. The van der Waals surface area contributed by atoms with Crippen molar-refractivity contribution in [3.05, 3.63) is 86.1 Å². The molecule has 0 fully saturated rings. The molecule has 0 bridgehead atoms. The number of hydrogen-bond acceptors (Lipinski definition) is 6. The summed E-state index contributed by atoms with van der Waals surface area (Å²) in [6.07, 6.45) is 0.208. The predicted octanol–water partition coefficient (Wildman–Crippen LogP) is 2.55. The number of anilines is 2. The van der Waals surface area contributed by atoms with Crippen molar-refractivity contribution in [2.75, 3.05) is 5.32 Å². The fourth-order valence-corrected chi connectivity index (χ4v) is 2.16. The van der Waals surface area contributed by atoms with Crippen LogP contribution in [-0.2, 0) is 6.42 Å². The van der Waals surface area contributed by atoms with Crippen LogP contribution < -0.4 is 10.9 Å². The van der Waals surface area contributed by atoms with E-state index >= 15 is 0 Å². The maximum atomic E-state index is 12.9. The van der Waals surface area contributed by atoms with E-state index in [0.717, 1.165) is 5.56 Å². The number of benzene rings is 2. The van der Waals surface area contributed by atoms with Gasteiger partial charge in [0.15, 0.2) is 0 Å². The Labute approximate surface area is 140 Å². The SMILES string of the molecule is O=c1[nH]c(Nc2cccc([N+](=O)[O-])c2)nnc1Cc1ccc(F)cc1. The Hall–Kier alpha value is -3.62. The Kier molecular flexibility index (Phi) is 4.46. The molecule has 25 heavy (non-hydrogen) atoms. The molecule has 0 atom stereocenters. The van der Waals surface area contributed by atoms with Crippen molar-refractivity contribution in [2.45, 2.75) is 6.42 Å². The highest BCUT2D eigenvalue weighted by atomic mass is 19.1. The predicted molar refractivity (Wildman–Crippen MR) is 88.2 cm³/mol. The minimum atomic E-state index is -0.522. The van der Waals surface area contributed by atoms with Crippen molar-refractivity contribution < 1.29 is 9.31 Å². The van der Waals surface area contributed by atoms with Gasteiger partial charge in [-0.05, 0) is 23.8 Å². The first-order valence-corrected chi connectivity index (χ1v) is 7.23. The van der Waals surface area contributed by atoms with Gasteiger partial charge in [0, 0.05) is 24.2 Å². The number of H-pyrrole nitrogens is 1. The Balaban J connectivity index is 1.78. The van der Waals surface area contributed by atoms with Crippen LogP contribution in [0.1, 0.15) is 11.3 Å². The molecule has 0 unspecified atom stereocenters. The molecule has 0 amide bonds. The zero-order chi connectivity index (χ0) is 17.8. The number of nitrogens with one attached hydrogen (secondary N) is 2. The highest BCUT2D eigenvalue weighted by Crippen LogP contribution is 2.19. The first-order chi connectivity index (χ1) is 12.0. The summed E-state index contributed by atoms with van der Waals surface area (Å²) in [7, 11) is 0. The van der Waals surface area contributed by atoms with Gasteiger partial charge in [-0.15, -0.1) is 10.2 Å². The molecule has 8 nitrogen and oxygen atoms in total. The number of non-ortho nitro benzene ring substituents is 1. The van der Waals surface area contributed by atoms with E-state index in [-0.39, 0.29) is 29.6 Å². The molecule has 2 aromatic carbocycles. The first-order valence-electron chi connectivity index (χ1n) is 7.23. The van der Waals surface area contributed by atoms with Crippen molar-refractivity contribution in [3.63, 3.8) is 0 Å². The molecule has 126 valence electrons. The molecule has 0 radical (unpaired) electrons. The van der Waals surface area contributed by atoms with E-state index in [1.54, 1.807) is 18.2 Å². The third-order valence-electron chi connectivity index (χ3n) is 3.37. The lowest BCUT2D eigenvalue weighted by molar-refractivity contribution is -0.384. The molecule has 0 aliphatic rings. The largest absolute Gasteiger partial charge is 0.324 e. The number of nitro benzene ring substituents is 1. The van der Waals surface area contributed by atoms with Crippen molar-refractivity contribution in [1.29, 1.82) is 0 Å². The number of aromatic nitrogens is 3. The molecule has 0 saturated carbocycles. The molecule has 0 aliphatic heterocycles. The van der Waals surface area contributed by atoms with Gasteiger partial charge < -0.3 is 5.32 Å². The van der Waals surface area contributed by atoms with Gasteiger partial charge in [-0.25, -0.2) is 4.39 Å². The van der Waals surface area contributed by atoms with E-state index in [1.807, 2.05) is 0 Å². The van der Waals surface area contributed by atoms with Gasteiger partial charge in [0.25, 0.3) is 11.2 Å². The zero-order valence-electron chi connectivity index (χ0n) is 12.8. The topological polar surface area (TPSA) is 114 Å². The number of nitrogens with zero attached hydrogens (tertiary/aromatic N) is 3. The minimum absolute atomic E-state index is 0.0633. The summed E-state index contributed by atoms with van der Waals surface area (Å²) in [6.45, 7) is 0. The second kappa shape index (κ2) is 6.87. The van der Waals surface area contributed by atoms with Crippen molar-refractivity contribution >= 4 is 17.3 Å². The van der Waals surface area contributed by atoms with E-state index in [9.17, 15) is 19.3 Å². The van der Waals surface area contributed by atoms with Crippen molar-refractivity contribution in [2.24, 2.45) is 0 Å². The van der Waals surface area contributed by atoms with Gasteiger partial charge in [0.05, 0.1) is 4.92 Å². The molecule has 2 N–H and O–H groups in total. The Morgan fingerprint density at radius 3 is 2.60 bits per heavy atom. The smallest absolute Gasteiger partial charge is 0.274 e. The van der Waals surface area contributed by atoms with E-state index in [2.05, 4.69) is 20.5 Å². The third-order valence-corrected chi connectivity index (χ3v) is 3.37. The number of nitro groups is 1. The lowest BCUT2D eigenvalue weighted by atomic mass is 10.1. The molecule has 3 rings (SSSR count). The van der Waals surface area contributed by atoms with E-state index in [4.69, 9.17) is 0 Å². The highest BCUT2D eigenvalue weighted by molar-refractivity contribution is 5.57. The van der Waals surface area contributed by atoms with Crippen LogP contribution in [0.4, 0.5) is 21.7 Å². The maximum Gasteiger partial charge on any atom is 0.274 e. The number of rotatable bonds is 5. The second-order valence-electron chi connectivity index (χ2n) is 5.19. The van der Waals surface area contributed by atoms with Crippen LogP contribution in [0.3, 0.4) is 0 Å². The van der Waals surface area contributed by atoms with Gasteiger partial charge in [0.2, 0.25) is 5.95 Å². The Bertz CT molecular complexity index is 972. The van der Waals surface area contributed by atoms with Crippen LogP contribution in [-0.4, -0.2) is 20.1 Å². The van der Waals surface area contributed by atoms with Crippen LogP contribution in [0.15, 0.2) is 53.3 Å². The summed E-state index contributed by atoms with van der Waals surface area (Å²) >= 11 is 0. The fourth-order valence-electron chi connectivity index (χ4n) is 2.16. The van der Waals surface area contributed by atoms with Crippen LogP contribution in [0, 0.1) is 15.9 Å². The van der Waals surface area contributed by atoms with Gasteiger partial charge in [-0.2, -0.15) is 0 Å². The lowest BCUT2D eigenvalue weighted by Crippen LogP contribution is -2.18. The molecule has 9 heteroatoms. The zero-order valence-corrected chi connectivity index (χ0v) is 12.8. The first kappa shape index (κ1) is 16.2. The molecule has 0 aliphatic carbocycles. The van der Waals surface area contributed by atoms with Gasteiger partial charge in [-0.1, -0.05) is 18.2 Å². The lowest BCUT2D eigenvalue weighted by Gasteiger charge is -2.05. The number of halogens is 1. The van der Waals surface area contributed by atoms with Crippen LogP contribution in [0.25, 0.3) is 0 Å². The average Bonchev–Trinajstić information content (AvgIpc) is 2.59. The number of aromatic amines is 1. The molecule has 0 saturated heterocycles. The molecule has 1 heterocycles. The van der Waals surface area contributed by atoms with Crippen LogP contribution in [0.2, 0.25) is 0 Å². The van der Waals surface area contributed by atoms with E-state index in [0.29, 0.717) is 5.69 Å².